The SMILES string of the molecule is CCOC(=O)C=Cc1c(OCc2ccc(OCc3nc(-c4ccccc4)oc3C)cc2)ccc2ccccc12. The molecule has 0 atom stereocenters. The largest absolute Gasteiger partial charge is 0.488 e. The van der Waals surface area contributed by atoms with Crippen molar-refractivity contribution in [2.75, 3.05) is 6.61 Å². The van der Waals surface area contributed by atoms with E-state index in [0.717, 1.165) is 44.7 Å². The molecular formula is C33H29NO5. The molecule has 39 heavy (non-hydrogen) atoms. The molecule has 5 aromatic rings. The van der Waals surface area contributed by atoms with Crippen LogP contribution in [0, 0.1) is 6.92 Å². The second-order valence-electron chi connectivity index (χ2n) is 8.89. The number of hydrogen-bond donors (Lipinski definition) is 0. The van der Waals surface area contributed by atoms with Gasteiger partial charge in [-0.2, -0.15) is 0 Å². The highest BCUT2D eigenvalue weighted by molar-refractivity contribution is 5.96. The molecule has 0 N–H and O–H groups in total. The highest BCUT2D eigenvalue weighted by Crippen LogP contribution is 2.30. The summed E-state index contributed by atoms with van der Waals surface area (Å²) < 4.78 is 23.0. The predicted molar refractivity (Wildman–Crippen MR) is 151 cm³/mol. The van der Waals surface area contributed by atoms with E-state index in [2.05, 4.69) is 4.98 Å². The maximum atomic E-state index is 11.9. The van der Waals surface area contributed by atoms with Crippen LogP contribution in [0.15, 0.2) is 101 Å². The van der Waals surface area contributed by atoms with E-state index in [9.17, 15) is 4.79 Å². The Hall–Kier alpha value is -4.84. The number of carbonyl (C=O) groups excluding carboxylic acids is 1. The Bertz CT molecular complexity index is 1590. The maximum Gasteiger partial charge on any atom is 0.330 e. The van der Waals surface area contributed by atoms with E-state index in [4.69, 9.17) is 18.6 Å². The maximum absolute atomic E-state index is 11.9. The number of fused-ring (bicyclic) bond motifs is 1. The lowest BCUT2D eigenvalue weighted by atomic mass is 10.0. The molecule has 0 saturated carbocycles. The number of ether oxygens (including phenoxy) is 3. The van der Waals surface area contributed by atoms with Crippen LogP contribution in [-0.4, -0.2) is 17.6 Å². The van der Waals surface area contributed by atoms with Crippen LogP contribution in [0.25, 0.3) is 28.3 Å². The van der Waals surface area contributed by atoms with Gasteiger partial charge in [0.1, 0.15) is 36.2 Å². The van der Waals surface area contributed by atoms with Crippen LogP contribution < -0.4 is 9.47 Å². The van der Waals surface area contributed by atoms with E-state index in [1.165, 1.54) is 6.08 Å². The number of esters is 1. The summed E-state index contributed by atoms with van der Waals surface area (Å²) >= 11 is 0. The number of hydrogen-bond acceptors (Lipinski definition) is 6. The summed E-state index contributed by atoms with van der Waals surface area (Å²) in [5.74, 6) is 2.35. The molecular weight excluding hydrogens is 490 g/mol. The van der Waals surface area contributed by atoms with Crippen molar-refractivity contribution in [3.05, 3.63) is 120 Å². The van der Waals surface area contributed by atoms with Crippen LogP contribution in [-0.2, 0) is 22.7 Å². The van der Waals surface area contributed by atoms with Crippen LogP contribution in [0.1, 0.15) is 29.5 Å². The molecule has 0 unspecified atom stereocenters. The third-order valence-electron chi connectivity index (χ3n) is 6.21. The number of nitrogens with zero attached hydrogens (tertiary/aromatic N) is 1. The molecule has 6 heteroatoms. The van der Waals surface area contributed by atoms with Crippen LogP contribution >= 0.6 is 0 Å². The first kappa shape index (κ1) is 25.8. The number of rotatable bonds is 10. The fourth-order valence-corrected chi connectivity index (χ4v) is 4.18. The van der Waals surface area contributed by atoms with E-state index in [0.29, 0.717) is 31.5 Å². The summed E-state index contributed by atoms with van der Waals surface area (Å²) in [5.41, 5.74) is 3.52. The first-order valence-corrected chi connectivity index (χ1v) is 12.8. The van der Waals surface area contributed by atoms with Gasteiger partial charge in [-0.3, -0.25) is 0 Å². The van der Waals surface area contributed by atoms with E-state index >= 15 is 0 Å². The molecule has 196 valence electrons. The van der Waals surface area contributed by atoms with Gasteiger partial charge in [0, 0.05) is 17.2 Å². The molecule has 5 rings (SSSR count). The quantitative estimate of drug-likeness (QED) is 0.140. The van der Waals surface area contributed by atoms with E-state index in [1.54, 1.807) is 13.0 Å². The number of aromatic nitrogens is 1. The second kappa shape index (κ2) is 12.1. The molecule has 0 radical (unpaired) electrons. The molecule has 0 aliphatic carbocycles. The fraction of sp³-hybridized carbons (Fsp3) is 0.152. The summed E-state index contributed by atoms with van der Waals surface area (Å²) in [6.07, 6.45) is 3.19. The summed E-state index contributed by atoms with van der Waals surface area (Å²) in [5, 5.41) is 2.06. The summed E-state index contributed by atoms with van der Waals surface area (Å²) in [6, 6.07) is 29.5. The topological polar surface area (TPSA) is 70.8 Å². The van der Waals surface area contributed by atoms with Crippen molar-refractivity contribution < 1.29 is 23.4 Å². The van der Waals surface area contributed by atoms with Gasteiger partial charge in [-0.25, -0.2) is 9.78 Å². The van der Waals surface area contributed by atoms with Crippen molar-refractivity contribution in [1.82, 2.24) is 4.98 Å². The van der Waals surface area contributed by atoms with E-state index in [1.807, 2.05) is 97.9 Å². The lowest BCUT2D eigenvalue weighted by Crippen LogP contribution is -2.00. The lowest BCUT2D eigenvalue weighted by Gasteiger charge is -2.13. The van der Waals surface area contributed by atoms with Gasteiger partial charge in [-0.05, 0) is 66.6 Å². The summed E-state index contributed by atoms with van der Waals surface area (Å²) in [4.78, 5) is 16.5. The van der Waals surface area contributed by atoms with Gasteiger partial charge in [-0.15, -0.1) is 0 Å². The molecule has 6 nitrogen and oxygen atoms in total. The van der Waals surface area contributed by atoms with Crippen LogP contribution in [0.5, 0.6) is 11.5 Å². The molecule has 0 aliphatic rings. The number of oxazole rings is 1. The Morgan fingerprint density at radius 1 is 0.872 bits per heavy atom. The number of benzene rings is 4. The number of aryl methyl sites for hydroxylation is 1. The van der Waals surface area contributed by atoms with Crippen molar-refractivity contribution in [3.63, 3.8) is 0 Å². The van der Waals surface area contributed by atoms with Crippen molar-refractivity contribution in [2.45, 2.75) is 27.1 Å². The highest BCUT2D eigenvalue weighted by Gasteiger charge is 2.12. The Morgan fingerprint density at radius 3 is 2.44 bits per heavy atom. The predicted octanol–water partition coefficient (Wildman–Crippen LogP) is 7.54. The van der Waals surface area contributed by atoms with Crippen LogP contribution in [0.2, 0.25) is 0 Å². The zero-order valence-electron chi connectivity index (χ0n) is 21.9. The van der Waals surface area contributed by atoms with Crippen LogP contribution in [0.3, 0.4) is 0 Å². The Labute approximate surface area is 227 Å². The van der Waals surface area contributed by atoms with E-state index < -0.39 is 0 Å². The van der Waals surface area contributed by atoms with Gasteiger partial charge in [0.25, 0.3) is 0 Å². The van der Waals surface area contributed by atoms with Crippen molar-refractivity contribution in [1.29, 1.82) is 0 Å². The molecule has 0 aliphatic heterocycles. The zero-order chi connectivity index (χ0) is 27.0. The molecule has 4 aromatic carbocycles. The first-order valence-electron chi connectivity index (χ1n) is 12.8. The average Bonchev–Trinajstić information content (AvgIpc) is 3.35. The van der Waals surface area contributed by atoms with Gasteiger partial charge in [0.15, 0.2) is 0 Å². The Morgan fingerprint density at radius 2 is 1.64 bits per heavy atom. The highest BCUT2D eigenvalue weighted by atomic mass is 16.5. The van der Waals surface area contributed by atoms with Crippen LogP contribution in [0.4, 0.5) is 0 Å². The first-order chi connectivity index (χ1) is 19.1. The van der Waals surface area contributed by atoms with Gasteiger partial charge in [-0.1, -0.05) is 60.7 Å². The standard InChI is InChI=1S/C33H29NO5/c1-3-36-32(35)20-18-29-28-12-8-7-9-25(28)15-19-31(29)38-21-24-13-16-27(17-14-24)37-22-30-23(2)39-33(34-30)26-10-5-4-6-11-26/h4-20H,3,21-22H2,1-2H3. The van der Waals surface area contributed by atoms with Gasteiger partial charge in [0.05, 0.1) is 6.61 Å². The molecule has 0 saturated heterocycles. The monoisotopic (exact) mass is 519 g/mol. The number of carbonyl (C=O) groups is 1. The molecule has 0 amide bonds. The van der Waals surface area contributed by atoms with Gasteiger partial charge >= 0.3 is 5.97 Å². The average molecular weight is 520 g/mol. The van der Waals surface area contributed by atoms with E-state index in [-0.39, 0.29) is 5.97 Å². The van der Waals surface area contributed by atoms with Gasteiger partial charge in [0.2, 0.25) is 5.89 Å². The molecule has 0 spiro atoms. The Balaban J connectivity index is 1.24. The van der Waals surface area contributed by atoms with Crippen molar-refractivity contribution in [3.8, 4) is 23.0 Å². The minimum absolute atomic E-state index is 0.311. The third-order valence-corrected chi connectivity index (χ3v) is 6.21. The second-order valence-corrected chi connectivity index (χ2v) is 8.89. The lowest BCUT2D eigenvalue weighted by molar-refractivity contribution is -0.137. The molecule has 0 fully saturated rings. The Kier molecular flexibility index (Phi) is 8.03. The molecule has 1 heterocycles. The zero-order valence-corrected chi connectivity index (χ0v) is 21.9. The third kappa shape index (κ3) is 6.36. The van der Waals surface area contributed by atoms with Crippen molar-refractivity contribution in [2.24, 2.45) is 0 Å². The fourth-order valence-electron chi connectivity index (χ4n) is 4.18. The summed E-state index contributed by atoms with van der Waals surface area (Å²) in [6.45, 7) is 4.68. The molecule has 0 bridgehead atoms. The minimum atomic E-state index is -0.385. The van der Waals surface area contributed by atoms with Gasteiger partial charge < -0.3 is 18.6 Å². The normalized spacial score (nSPS) is 11.1. The smallest absolute Gasteiger partial charge is 0.330 e. The van der Waals surface area contributed by atoms with Crippen molar-refractivity contribution >= 4 is 22.8 Å². The molecule has 1 aromatic heterocycles. The minimum Gasteiger partial charge on any atom is -0.488 e. The summed E-state index contributed by atoms with van der Waals surface area (Å²) in [7, 11) is 0.